The first-order valence-electron chi connectivity index (χ1n) is 13.4. The number of carboxylic acid groups (broad SMARTS) is 1. The van der Waals surface area contributed by atoms with Crippen molar-refractivity contribution in [3.05, 3.63) is 41.8 Å². The van der Waals surface area contributed by atoms with E-state index in [1.54, 1.807) is 20.1 Å². The van der Waals surface area contributed by atoms with E-state index in [9.17, 15) is 0 Å². The zero-order valence-electron chi connectivity index (χ0n) is 23.9. The first-order valence-corrected chi connectivity index (χ1v) is 13.4. The van der Waals surface area contributed by atoms with Crippen molar-refractivity contribution in [1.29, 1.82) is 0 Å². The Morgan fingerprint density at radius 3 is 2.17 bits per heavy atom. The highest BCUT2D eigenvalue weighted by Gasteiger charge is 2.21. The van der Waals surface area contributed by atoms with Crippen LogP contribution in [0.5, 0.6) is 0 Å². The number of rotatable bonds is 9. The number of oxazole rings is 1. The Morgan fingerprint density at radius 2 is 1.69 bits per heavy atom. The molecule has 1 aromatic rings. The van der Waals surface area contributed by atoms with Crippen molar-refractivity contribution >= 4 is 6.47 Å². The lowest BCUT2D eigenvalue weighted by atomic mass is 9.89. The minimum Gasteiger partial charge on any atom is -0.501 e. The minimum atomic E-state index is -0.250. The van der Waals surface area contributed by atoms with Gasteiger partial charge in [-0.15, -0.1) is 0 Å². The fraction of sp³-hybridized carbons (Fsp3) is 0.724. The van der Waals surface area contributed by atoms with Gasteiger partial charge in [-0.1, -0.05) is 71.1 Å². The van der Waals surface area contributed by atoms with Gasteiger partial charge in [-0.3, -0.25) is 4.79 Å². The third kappa shape index (κ3) is 26.4. The first kappa shape index (κ1) is 37.5. The number of aryl methyl sites for hydroxylation is 1. The predicted molar refractivity (Wildman–Crippen MR) is 148 cm³/mol. The quantitative estimate of drug-likeness (QED) is 0.154. The summed E-state index contributed by atoms with van der Waals surface area (Å²) in [5.74, 6) is 2.45. The summed E-state index contributed by atoms with van der Waals surface area (Å²) in [6.45, 7) is 16.1. The number of carbonyl (C=O) groups is 1. The second-order valence-corrected chi connectivity index (χ2v) is 8.24. The number of ether oxygens (including phenoxy) is 1. The van der Waals surface area contributed by atoms with Gasteiger partial charge in [-0.25, -0.2) is 4.98 Å². The molecular formula is C29H55NO5. The molecule has 1 aliphatic rings. The van der Waals surface area contributed by atoms with Gasteiger partial charge in [0.2, 0.25) is 0 Å². The van der Waals surface area contributed by atoms with Gasteiger partial charge in [0.1, 0.15) is 5.76 Å². The van der Waals surface area contributed by atoms with Crippen LogP contribution in [0.4, 0.5) is 0 Å². The van der Waals surface area contributed by atoms with Crippen molar-refractivity contribution < 1.29 is 24.2 Å². The maximum Gasteiger partial charge on any atom is 0.290 e. The van der Waals surface area contributed by atoms with E-state index in [0.29, 0.717) is 12.5 Å². The monoisotopic (exact) mass is 497 g/mol. The number of hydrogen-bond donors (Lipinski definition) is 2. The van der Waals surface area contributed by atoms with Gasteiger partial charge in [-0.2, -0.15) is 0 Å². The molecular weight excluding hydrogens is 442 g/mol. The molecule has 0 atom stereocenters. The zero-order chi connectivity index (χ0) is 27.3. The molecule has 6 nitrogen and oxygen atoms in total. The lowest BCUT2D eigenvalue weighted by Crippen LogP contribution is -2.05. The number of unbranched alkanes of at least 4 members (excludes halogenated alkanes) is 3. The maximum atomic E-state index is 8.36. The van der Waals surface area contributed by atoms with Gasteiger partial charge >= 0.3 is 0 Å². The highest BCUT2D eigenvalue weighted by molar-refractivity contribution is 5.32. The van der Waals surface area contributed by atoms with Crippen molar-refractivity contribution in [3.8, 4) is 0 Å². The van der Waals surface area contributed by atoms with Crippen molar-refractivity contribution in [2.24, 2.45) is 0 Å². The van der Waals surface area contributed by atoms with Crippen LogP contribution >= 0.6 is 0 Å². The van der Waals surface area contributed by atoms with Gasteiger partial charge in [0.25, 0.3) is 6.47 Å². The molecule has 2 N–H and O–H groups in total. The molecule has 1 saturated carbocycles. The molecule has 0 radical (unpaired) electrons. The summed E-state index contributed by atoms with van der Waals surface area (Å²) in [5, 5.41) is 14.9. The first-order chi connectivity index (χ1) is 16.9. The average Bonchev–Trinajstić information content (AvgIpc) is 3.22. The maximum absolute atomic E-state index is 8.36. The molecule has 0 spiro atoms. The molecule has 6 heteroatoms. The van der Waals surface area contributed by atoms with E-state index in [0.717, 1.165) is 23.8 Å². The van der Waals surface area contributed by atoms with E-state index >= 15 is 0 Å². The molecule has 0 bridgehead atoms. The highest BCUT2D eigenvalue weighted by atomic mass is 16.5. The smallest absolute Gasteiger partial charge is 0.290 e. The highest BCUT2D eigenvalue weighted by Crippen LogP contribution is 2.32. The summed E-state index contributed by atoms with van der Waals surface area (Å²) < 4.78 is 11.2. The topological polar surface area (TPSA) is 92.8 Å². The molecule has 1 aliphatic carbocycles. The number of hydrogen-bond acceptors (Lipinski definition) is 5. The Balaban J connectivity index is -0.000000501. The second kappa shape index (κ2) is 30.0. The Morgan fingerprint density at radius 1 is 1.11 bits per heavy atom. The lowest BCUT2D eigenvalue weighted by Gasteiger charge is -2.17. The number of aliphatic hydroxyl groups excluding tert-OH is 1. The van der Waals surface area contributed by atoms with Crippen molar-refractivity contribution in [2.75, 3.05) is 6.61 Å². The zero-order valence-corrected chi connectivity index (χ0v) is 23.9. The van der Waals surface area contributed by atoms with E-state index in [4.69, 9.17) is 24.2 Å². The Kier molecular flexibility index (Phi) is 32.1. The Bertz CT molecular complexity index is 599. The van der Waals surface area contributed by atoms with Gasteiger partial charge in [0.15, 0.2) is 5.89 Å². The van der Waals surface area contributed by atoms with Gasteiger partial charge in [-0.05, 0) is 60.3 Å². The van der Waals surface area contributed by atoms with E-state index < -0.39 is 0 Å². The SMILES string of the molecule is C/C=C/OCCc1nc(C2CCCCC2)oc1C.C/C=C\CCCCC.CC.CC(C)O.O=CO. The van der Waals surface area contributed by atoms with Crippen LogP contribution in [0.2, 0.25) is 0 Å². The molecule has 1 fully saturated rings. The van der Waals surface area contributed by atoms with E-state index in [1.165, 1.54) is 57.8 Å². The van der Waals surface area contributed by atoms with Crippen LogP contribution in [0.25, 0.3) is 0 Å². The van der Waals surface area contributed by atoms with Crippen LogP contribution in [0.3, 0.4) is 0 Å². The third-order valence-corrected chi connectivity index (χ3v) is 4.76. The molecule has 2 rings (SSSR count). The summed E-state index contributed by atoms with van der Waals surface area (Å²) >= 11 is 0. The molecule has 0 saturated heterocycles. The van der Waals surface area contributed by atoms with Gasteiger partial charge < -0.3 is 19.4 Å². The van der Waals surface area contributed by atoms with Crippen LogP contribution in [0, 0.1) is 6.92 Å². The second-order valence-electron chi connectivity index (χ2n) is 8.24. The molecule has 0 aliphatic heterocycles. The van der Waals surface area contributed by atoms with E-state index in [2.05, 4.69) is 31.0 Å². The Hall–Kier alpha value is -2.08. The fourth-order valence-electron chi connectivity index (χ4n) is 3.21. The normalized spacial score (nSPS) is 13.0. The largest absolute Gasteiger partial charge is 0.501 e. The summed E-state index contributed by atoms with van der Waals surface area (Å²) in [5.41, 5.74) is 1.06. The van der Waals surface area contributed by atoms with Crippen LogP contribution in [-0.2, 0) is 16.0 Å². The summed E-state index contributed by atoms with van der Waals surface area (Å²) in [4.78, 5) is 13.0. The minimum absolute atomic E-state index is 0.167. The molecule has 0 unspecified atom stereocenters. The predicted octanol–water partition coefficient (Wildman–Crippen LogP) is 8.38. The van der Waals surface area contributed by atoms with E-state index in [-0.39, 0.29) is 12.6 Å². The summed E-state index contributed by atoms with van der Waals surface area (Å²) in [6, 6.07) is 0. The summed E-state index contributed by atoms with van der Waals surface area (Å²) in [6.07, 6.45) is 20.4. The average molecular weight is 498 g/mol. The van der Waals surface area contributed by atoms with Gasteiger partial charge in [0, 0.05) is 18.4 Å². The summed E-state index contributed by atoms with van der Waals surface area (Å²) in [7, 11) is 0. The molecule has 0 aromatic carbocycles. The van der Waals surface area contributed by atoms with E-state index in [1.807, 2.05) is 33.8 Å². The number of aliphatic hydroxyl groups is 1. The molecule has 35 heavy (non-hydrogen) atoms. The van der Waals surface area contributed by atoms with Crippen molar-refractivity contribution in [1.82, 2.24) is 4.98 Å². The van der Waals surface area contributed by atoms with Crippen LogP contribution < -0.4 is 0 Å². The molecule has 1 aromatic heterocycles. The third-order valence-electron chi connectivity index (χ3n) is 4.76. The van der Waals surface area contributed by atoms with Crippen LogP contribution in [0.15, 0.2) is 28.9 Å². The number of aromatic nitrogens is 1. The van der Waals surface area contributed by atoms with Crippen molar-refractivity contribution in [2.45, 2.75) is 132 Å². The van der Waals surface area contributed by atoms with Crippen molar-refractivity contribution in [3.63, 3.8) is 0 Å². The molecule has 0 amide bonds. The Labute approximate surface area is 215 Å². The van der Waals surface area contributed by atoms with Crippen LogP contribution in [0.1, 0.15) is 130 Å². The molecule has 206 valence electrons. The van der Waals surface area contributed by atoms with Gasteiger partial charge in [0.05, 0.1) is 18.6 Å². The van der Waals surface area contributed by atoms with Crippen LogP contribution in [-0.4, -0.2) is 34.4 Å². The lowest BCUT2D eigenvalue weighted by molar-refractivity contribution is -0.122. The molecule has 1 heterocycles. The fourth-order valence-corrected chi connectivity index (χ4v) is 3.21. The standard InChI is InChI=1S/C15H23NO2.C8H16.C3H8O.C2H6.CH2O2/c1-3-10-17-11-9-14-12(2)18-15(16-14)13-7-5-4-6-8-13;1-3-5-7-8-6-4-2;1-3(2)4;1-2;2-1-3/h3,10,13H,4-9,11H2,1-2H3;3,5H,4,6-8H2,1-2H3;3-4H,1-2H3;1-2H3;1H,(H,2,3)/b10-3+;5-3-;;;. The number of allylic oxidation sites excluding steroid dienone is 3. The number of nitrogens with zero attached hydrogens (tertiary/aromatic N) is 1.